The minimum Gasteiger partial charge on any atom is -0.359 e. The van der Waals surface area contributed by atoms with Crippen molar-refractivity contribution in [3.05, 3.63) is 22.3 Å². The van der Waals surface area contributed by atoms with Gasteiger partial charge < -0.3 is 4.90 Å². The maximum absolute atomic E-state index is 4.42. The summed E-state index contributed by atoms with van der Waals surface area (Å²) in [6, 6.07) is 2.09. The molecule has 0 aliphatic heterocycles. The number of alkyl halides is 1. The normalized spacial score (nSPS) is 12.6. The van der Waals surface area contributed by atoms with E-state index < -0.39 is 0 Å². The van der Waals surface area contributed by atoms with E-state index in [1.165, 1.54) is 5.56 Å². The van der Waals surface area contributed by atoms with Gasteiger partial charge >= 0.3 is 0 Å². The van der Waals surface area contributed by atoms with Gasteiger partial charge in [0.2, 0.25) is 0 Å². The smallest absolute Gasteiger partial charge is 0.131 e. The van der Waals surface area contributed by atoms with Crippen LogP contribution in [0.4, 0.5) is 5.82 Å². The summed E-state index contributed by atoms with van der Waals surface area (Å²) < 4.78 is 1.03. The predicted octanol–water partition coefficient (Wildman–Crippen LogP) is 3.76. The molecule has 0 aromatic carbocycles. The van der Waals surface area contributed by atoms with Crippen LogP contribution in [-0.2, 0) is 0 Å². The quantitative estimate of drug-likeness (QED) is 0.779. The Morgan fingerprint density at radius 1 is 1.53 bits per heavy atom. The molecule has 0 N–H and O–H groups in total. The Hall–Kier alpha value is -0.0900. The van der Waals surface area contributed by atoms with E-state index in [4.69, 9.17) is 0 Å². The number of halogens is 2. The van der Waals surface area contributed by atoms with Crippen LogP contribution < -0.4 is 4.90 Å². The maximum atomic E-state index is 4.42. The predicted molar refractivity (Wildman–Crippen MR) is 73.0 cm³/mol. The first-order chi connectivity index (χ1) is 7.00. The third-order valence-corrected chi connectivity index (χ3v) is 3.13. The summed E-state index contributed by atoms with van der Waals surface area (Å²) in [6.07, 6.45) is 2.96. The lowest BCUT2D eigenvalue weighted by atomic mass is 10.2. The lowest BCUT2D eigenvalue weighted by Gasteiger charge is -2.20. The second-order valence-electron chi connectivity index (χ2n) is 3.79. The molecule has 1 unspecified atom stereocenters. The van der Waals surface area contributed by atoms with Crippen LogP contribution >= 0.6 is 31.9 Å². The number of hydrogen-bond acceptors (Lipinski definition) is 2. The molecule has 0 fully saturated rings. The van der Waals surface area contributed by atoms with Crippen LogP contribution in [0.3, 0.4) is 0 Å². The second-order valence-corrected chi connectivity index (χ2v) is 6.26. The van der Waals surface area contributed by atoms with Gasteiger partial charge in [0.25, 0.3) is 0 Å². The van der Waals surface area contributed by atoms with Crippen molar-refractivity contribution >= 4 is 37.7 Å². The molecule has 1 heterocycles. The maximum Gasteiger partial charge on any atom is 0.131 e. The fraction of sp³-hybridized carbons (Fsp3) is 0.545. The molecule has 0 spiro atoms. The van der Waals surface area contributed by atoms with Crippen LogP contribution in [0.25, 0.3) is 0 Å². The van der Waals surface area contributed by atoms with E-state index >= 15 is 0 Å². The number of anilines is 1. The zero-order valence-electron chi connectivity index (χ0n) is 9.30. The summed E-state index contributed by atoms with van der Waals surface area (Å²) in [7, 11) is 2.08. The van der Waals surface area contributed by atoms with Gasteiger partial charge in [-0.3, -0.25) is 0 Å². The van der Waals surface area contributed by atoms with Crippen molar-refractivity contribution in [1.29, 1.82) is 0 Å². The van der Waals surface area contributed by atoms with Crippen LogP contribution in [0, 0.1) is 6.92 Å². The Kier molecular flexibility index (Phi) is 5.06. The third-order valence-electron chi connectivity index (χ3n) is 2.24. The Balaban J connectivity index is 2.69. The zero-order valence-corrected chi connectivity index (χ0v) is 12.5. The SMILES string of the molecule is Cc1cc(Br)cnc1N(C)CCC(C)Br. The van der Waals surface area contributed by atoms with Gasteiger partial charge in [-0.25, -0.2) is 4.98 Å². The average Bonchev–Trinajstić information content (AvgIpc) is 2.14. The van der Waals surface area contributed by atoms with E-state index in [0.29, 0.717) is 4.83 Å². The number of aryl methyl sites for hydroxylation is 1. The van der Waals surface area contributed by atoms with Gasteiger partial charge in [0.05, 0.1) is 0 Å². The van der Waals surface area contributed by atoms with Crippen molar-refractivity contribution in [2.45, 2.75) is 25.1 Å². The first kappa shape index (κ1) is 13.0. The molecule has 0 aliphatic carbocycles. The van der Waals surface area contributed by atoms with Crippen LogP contribution in [0.5, 0.6) is 0 Å². The number of hydrogen-bond donors (Lipinski definition) is 0. The van der Waals surface area contributed by atoms with Crippen molar-refractivity contribution in [1.82, 2.24) is 4.98 Å². The molecule has 0 radical (unpaired) electrons. The van der Waals surface area contributed by atoms with E-state index in [9.17, 15) is 0 Å². The zero-order chi connectivity index (χ0) is 11.4. The van der Waals surface area contributed by atoms with Crippen molar-refractivity contribution in [3.8, 4) is 0 Å². The van der Waals surface area contributed by atoms with Crippen LogP contribution in [0.1, 0.15) is 18.9 Å². The number of aromatic nitrogens is 1. The van der Waals surface area contributed by atoms with Crippen molar-refractivity contribution in [3.63, 3.8) is 0 Å². The molecule has 1 aromatic rings. The molecule has 4 heteroatoms. The summed E-state index contributed by atoms with van der Waals surface area (Å²) in [6.45, 7) is 5.26. The molecule has 1 atom stereocenters. The van der Waals surface area contributed by atoms with E-state index in [2.05, 4.69) is 68.7 Å². The molecule has 0 bridgehead atoms. The summed E-state index contributed by atoms with van der Waals surface area (Å²) in [5, 5.41) is 0. The molecule has 2 nitrogen and oxygen atoms in total. The Labute approximate surface area is 108 Å². The molecular weight excluding hydrogens is 320 g/mol. The Morgan fingerprint density at radius 3 is 2.73 bits per heavy atom. The van der Waals surface area contributed by atoms with Crippen LogP contribution in [0.2, 0.25) is 0 Å². The molecule has 15 heavy (non-hydrogen) atoms. The minimum atomic E-state index is 0.552. The molecule has 0 saturated heterocycles. The molecular formula is C11H16Br2N2. The van der Waals surface area contributed by atoms with Crippen LogP contribution in [0.15, 0.2) is 16.7 Å². The summed E-state index contributed by atoms with van der Waals surface area (Å²) in [4.78, 5) is 7.16. The third kappa shape index (κ3) is 4.11. The lowest BCUT2D eigenvalue weighted by Crippen LogP contribution is -2.22. The minimum absolute atomic E-state index is 0.552. The highest BCUT2D eigenvalue weighted by atomic mass is 79.9. The van der Waals surface area contributed by atoms with Crippen molar-refractivity contribution < 1.29 is 0 Å². The molecule has 0 saturated carbocycles. The number of rotatable bonds is 4. The van der Waals surface area contributed by atoms with Gasteiger partial charge in [0, 0.05) is 29.1 Å². The summed E-state index contributed by atoms with van der Waals surface area (Å²) in [5.74, 6) is 1.06. The first-order valence-corrected chi connectivity index (χ1v) is 6.69. The standard InChI is InChI=1S/C11H16Br2N2/c1-8-6-10(13)7-14-11(8)15(3)5-4-9(2)12/h6-7,9H,4-5H2,1-3H3. The van der Waals surface area contributed by atoms with E-state index in [0.717, 1.165) is 23.3 Å². The molecule has 84 valence electrons. The van der Waals surface area contributed by atoms with Gasteiger partial charge in [-0.1, -0.05) is 22.9 Å². The first-order valence-electron chi connectivity index (χ1n) is 4.98. The highest BCUT2D eigenvalue weighted by Gasteiger charge is 2.07. The Bertz CT molecular complexity index is 326. The number of nitrogens with zero attached hydrogens (tertiary/aromatic N) is 2. The summed E-state index contributed by atoms with van der Waals surface area (Å²) >= 11 is 6.97. The molecule has 1 rings (SSSR count). The highest BCUT2D eigenvalue weighted by Crippen LogP contribution is 2.20. The second kappa shape index (κ2) is 5.85. The molecule has 0 amide bonds. The van der Waals surface area contributed by atoms with Gasteiger partial charge in [0.1, 0.15) is 5.82 Å². The highest BCUT2D eigenvalue weighted by molar-refractivity contribution is 9.10. The number of pyridine rings is 1. The average molecular weight is 336 g/mol. The van der Waals surface area contributed by atoms with Gasteiger partial charge in [-0.15, -0.1) is 0 Å². The monoisotopic (exact) mass is 334 g/mol. The summed E-state index contributed by atoms with van der Waals surface area (Å²) in [5.41, 5.74) is 1.20. The van der Waals surface area contributed by atoms with E-state index in [-0.39, 0.29) is 0 Å². The Morgan fingerprint density at radius 2 is 2.20 bits per heavy atom. The van der Waals surface area contributed by atoms with Crippen LogP contribution in [-0.4, -0.2) is 23.4 Å². The van der Waals surface area contributed by atoms with Gasteiger partial charge in [0.15, 0.2) is 0 Å². The lowest BCUT2D eigenvalue weighted by molar-refractivity contribution is 0.776. The van der Waals surface area contributed by atoms with E-state index in [1.807, 2.05) is 6.20 Å². The van der Waals surface area contributed by atoms with Gasteiger partial charge in [-0.05, 0) is 40.9 Å². The largest absolute Gasteiger partial charge is 0.359 e. The van der Waals surface area contributed by atoms with Crippen molar-refractivity contribution in [2.24, 2.45) is 0 Å². The topological polar surface area (TPSA) is 16.1 Å². The van der Waals surface area contributed by atoms with Gasteiger partial charge in [-0.2, -0.15) is 0 Å². The van der Waals surface area contributed by atoms with E-state index in [1.54, 1.807) is 0 Å². The fourth-order valence-electron chi connectivity index (χ4n) is 1.41. The molecule has 1 aromatic heterocycles. The fourth-order valence-corrected chi connectivity index (χ4v) is 2.06. The molecule has 0 aliphatic rings. The van der Waals surface area contributed by atoms with Crippen molar-refractivity contribution in [2.75, 3.05) is 18.5 Å².